The predicted molar refractivity (Wildman–Crippen MR) is 81.0 cm³/mol. The van der Waals surface area contributed by atoms with E-state index in [0.29, 0.717) is 9.66 Å². The van der Waals surface area contributed by atoms with Crippen LogP contribution in [-0.2, 0) is 6.18 Å². The lowest BCUT2D eigenvalue weighted by molar-refractivity contribution is -0.137. The summed E-state index contributed by atoms with van der Waals surface area (Å²) in [6, 6.07) is 13.5. The minimum atomic E-state index is -4.32. The third-order valence-corrected chi connectivity index (χ3v) is 4.51. The Morgan fingerprint density at radius 1 is 1.00 bits per heavy atom. The Labute approximate surface area is 127 Å². The van der Waals surface area contributed by atoms with Crippen LogP contribution in [0.5, 0.6) is 0 Å². The Morgan fingerprint density at radius 2 is 1.77 bits per heavy atom. The number of halogens is 3. The SMILES string of the molecule is FC(F)(F)c1ccc2c(c1)sc1nc(-c3ccccc3)cn12. The van der Waals surface area contributed by atoms with Gasteiger partial charge in [0.25, 0.3) is 0 Å². The van der Waals surface area contributed by atoms with Gasteiger partial charge in [0, 0.05) is 11.8 Å². The highest BCUT2D eigenvalue weighted by Gasteiger charge is 2.30. The molecule has 0 aliphatic rings. The zero-order valence-corrected chi connectivity index (χ0v) is 11.9. The average Bonchev–Trinajstić information content (AvgIpc) is 3.04. The summed E-state index contributed by atoms with van der Waals surface area (Å²) >= 11 is 1.26. The van der Waals surface area contributed by atoms with Crippen LogP contribution >= 0.6 is 11.3 Å². The Hall–Kier alpha value is -2.34. The lowest BCUT2D eigenvalue weighted by Gasteiger charge is -2.05. The normalized spacial score (nSPS) is 12.3. The number of fused-ring (bicyclic) bond motifs is 3. The lowest BCUT2D eigenvalue weighted by atomic mass is 10.2. The van der Waals surface area contributed by atoms with Gasteiger partial charge in [-0.15, -0.1) is 0 Å². The zero-order chi connectivity index (χ0) is 15.3. The van der Waals surface area contributed by atoms with Crippen molar-refractivity contribution in [2.45, 2.75) is 6.18 Å². The second-order valence-electron chi connectivity index (χ2n) is 4.93. The molecule has 2 heterocycles. The molecule has 0 bridgehead atoms. The van der Waals surface area contributed by atoms with Crippen LogP contribution in [0, 0.1) is 0 Å². The first kappa shape index (κ1) is 13.3. The fraction of sp³-hybridized carbons (Fsp3) is 0.0625. The molecule has 0 amide bonds. The number of benzene rings is 2. The Morgan fingerprint density at radius 3 is 2.50 bits per heavy atom. The largest absolute Gasteiger partial charge is 0.416 e. The minimum absolute atomic E-state index is 0.580. The highest BCUT2D eigenvalue weighted by Crippen LogP contribution is 2.35. The molecule has 2 aromatic carbocycles. The van der Waals surface area contributed by atoms with Gasteiger partial charge in [0.15, 0.2) is 4.96 Å². The van der Waals surface area contributed by atoms with Gasteiger partial charge in [-0.3, -0.25) is 4.40 Å². The van der Waals surface area contributed by atoms with Crippen molar-refractivity contribution in [3.05, 3.63) is 60.3 Å². The van der Waals surface area contributed by atoms with E-state index in [1.165, 1.54) is 23.5 Å². The molecule has 6 heteroatoms. The van der Waals surface area contributed by atoms with E-state index in [2.05, 4.69) is 4.98 Å². The summed E-state index contributed by atoms with van der Waals surface area (Å²) in [7, 11) is 0. The highest BCUT2D eigenvalue weighted by molar-refractivity contribution is 7.23. The Balaban J connectivity index is 1.89. The van der Waals surface area contributed by atoms with Crippen molar-refractivity contribution in [3.63, 3.8) is 0 Å². The lowest BCUT2D eigenvalue weighted by Crippen LogP contribution is -2.03. The van der Waals surface area contributed by atoms with Gasteiger partial charge in [0.05, 0.1) is 21.5 Å². The van der Waals surface area contributed by atoms with Gasteiger partial charge in [-0.25, -0.2) is 4.98 Å². The molecule has 0 saturated carbocycles. The second kappa shape index (κ2) is 4.58. The van der Waals surface area contributed by atoms with Crippen LogP contribution in [-0.4, -0.2) is 9.38 Å². The Kier molecular flexibility index (Phi) is 2.77. The van der Waals surface area contributed by atoms with E-state index in [0.717, 1.165) is 22.8 Å². The van der Waals surface area contributed by atoms with Crippen molar-refractivity contribution in [1.82, 2.24) is 9.38 Å². The molecule has 0 saturated heterocycles. The van der Waals surface area contributed by atoms with E-state index < -0.39 is 11.7 Å². The maximum atomic E-state index is 12.8. The van der Waals surface area contributed by atoms with Gasteiger partial charge in [-0.1, -0.05) is 41.7 Å². The molecule has 0 N–H and O–H groups in total. The maximum absolute atomic E-state index is 12.8. The van der Waals surface area contributed by atoms with Crippen LogP contribution in [0.2, 0.25) is 0 Å². The van der Waals surface area contributed by atoms with Crippen molar-refractivity contribution >= 4 is 26.5 Å². The molecule has 22 heavy (non-hydrogen) atoms. The fourth-order valence-electron chi connectivity index (χ4n) is 2.43. The van der Waals surface area contributed by atoms with Crippen LogP contribution in [0.4, 0.5) is 13.2 Å². The molecule has 4 aromatic rings. The summed E-state index contributed by atoms with van der Waals surface area (Å²) in [4.78, 5) is 5.20. The molecule has 0 aliphatic carbocycles. The highest BCUT2D eigenvalue weighted by atomic mass is 32.1. The molecule has 0 unspecified atom stereocenters. The number of rotatable bonds is 1. The van der Waals surface area contributed by atoms with Gasteiger partial charge >= 0.3 is 6.18 Å². The van der Waals surface area contributed by atoms with Crippen LogP contribution in [0.15, 0.2) is 54.7 Å². The second-order valence-corrected chi connectivity index (χ2v) is 5.94. The average molecular weight is 318 g/mol. The molecule has 0 fully saturated rings. The molecule has 4 rings (SSSR count). The molecule has 0 spiro atoms. The van der Waals surface area contributed by atoms with Gasteiger partial charge in [-0.2, -0.15) is 13.2 Å². The van der Waals surface area contributed by atoms with Gasteiger partial charge in [-0.05, 0) is 18.2 Å². The van der Waals surface area contributed by atoms with Gasteiger partial charge in [0.2, 0.25) is 0 Å². The third-order valence-electron chi connectivity index (χ3n) is 3.49. The molecule has 110 valence electrons. The van der Waals surface area contributed by atoms with Crippen molar-refractivity contribution in [1.29, 1.82) is 0 Å². The first-order chi connectivity index (χ1) is 10.5. The summed E-state index contributed by atoms with van der Waals surface area (Å²) in [5.74, 6) is 0. The first-order valence-electron chi connectivity index (χ1n) is 6.57. The predicted octanol–water partition coefficient (Wildman–Crippen LogP) is 5.23. The van der Waals surface area contributed by atoms with Gasteiger partial charge in [0.1, 0.15) is 0 Å². The van der Waals surface area contributed by atoms with Crippen molar-refractivity contribution < 1.29 is 13.2 Å². The minimum Gasteiger partial charge on any atom is -0.290 e. The number of nitrogens with zero attached hydrogens (tertiary/aromatic N) is 2. The number of aromatic nitrogens is 2. The summed E-state index contributed by atoms with van der Waals surface area (Å²) < 4.78 is 40.7. The molecule has 2 aromatic heterocycles. The summed E-state index contributed by atoms with van der Waals surface area (Å²) in [6.07, 6.45) is -2.47. The number of hydrogen-bond donors (Lipinski definition) is 0. The van der Waals surface area contributed by atoms with E-state index >= 15 is 0 Å². The standard InChI is InChI=1S/C16H9F3N2S/c17-16(18,19)11-6-7-13-14(8-11)22-15-20-12(9-21(13)15)10-4-2-1-3-5-10/h1-9H. The van der Waals surface area contributed by atoms with Crippen molar-refractivity contribution in [3.8, 4) is 11.3 Å². The number of hydrogen-bond acceptors (Lipinski definition) is 2. The van der Waals surface area contributed by atoms with E-state index in [1.54, 1.807) is 0 Å². The van der Waals surface area contributed by atoms with Crippen LogP contribution < -0.4 is 0 Å². The van der Waals surface area contributed by atoms with E-state index in [-0.39, 0.29) is 0 Å². The topological polar surface area (TPSA) is 17.3 Å². The quantitative estimate of drug-likeness (QED) is 0.469. The van der Waals surface area contributed by atoms with E-state index in [4.69, 9.17) is 0 Å². The first-order valence-corrected chi connectivity index (χ1v) is 7.38. The molecular weight excluding hydrogens is 309 g/mol. The van der Waals surface area contributed by atoms with Crippen molar-refractivity contribution in [2.75, 3.05) is 0 Å². The van der Waals surface area contributed by atoms with Crippen LogP contribution in [0.3, 0.4) is 0 Å². The summed E-state index contributed by atoms with van der Waals surface area (Å²) in [5, 5.41) is 0. The van der Waals surface area contributed by atoms with Gasteiger partial charge < -0.3 is 0 Å². The molecular formula is C16H9F3N2S. The maximum Gasteiger partial charge on any atom is 0.416 e. The molecule has 2 nitrogen and oxygen atoms in total. The van der Waals surface area contributed by atoms with Crippen molar-refractivity contribution in [2.24, 2.45) is 0 Å². The molecule has 0 atom stereocenters. The third kappa shape index (κ3) is 2.07. The van der Waals surface area contributed by atoms with Crippen LogP contribution in [0.25, 0.3) is 26.4 Å². The number of alkyl halides is 3. The monoisotopic (exact) mass is 318 g/mol. The fourth-order valence-corrected chi connectivity index (χ4v) is 3.47. The van der Waals surface area contributed by atoms with E-state index in [9.17, 15) is 13.2 Å². The number of imidazole rings is 1. The Bertz CT molecular complexity index is 968. The van der Waals surface area contributed by atoms with Crippen LogP contribution in [0.1, 0.15) is 5.56 Å². The zero-order valence-electron chi connectivity index (χ0n) is 11.1. The summed E-state index contributed by atoms with van der Waals surface area (Å²) in [6.45, 7) is 0. The number of thiazole rings is 1. The smallest absolute Gasteiger partial charge is 0.290 e. The molecule has 0 aliphatic heterocycles. The molecule has 0 radical (unpaired) electrons. The summed E-state index contributed by atoms with van der Waals surface area (Å²) in [5.41, 5.74) is 1.91. The van der Waals surface area contributed by atoms with E-state index in [1.807, 2.05) is 40.9 Å².